The van der Waals surface area contributed by atoms with Crippen LogP contribution < -0.4 is 0 Å². The Morgan fingerprint density at radius 3 is 2.29 bits per heavy atom. The summed E-state index contributed by atoms with van der Waals surface area (Å²) in [5.74, 6) is 1.82. The van der Waals surface area contributed by atoms with E-state index in [0.717, 1.165) is 11.8 Å². The van der Waals surface area contributed by atoms with Gasteiger partial charge in [0.25, 0.3) is 0 Å². The molecule has 2 bridgehead atoms. The second-order valence-electron chi connectivity index (χ2n) is 5.77. The number of aliphatic hydroxyl groups excluding tert-OH is 1. The first-order valence-electron chi connectivity index (χ1n) is 5.98. The first-order chi connectivity index (χ1) is 6.62. The van der Waals surface area contributed by atoms with Crippen molar-refractivity contribution in [2.75, 3.05) is 19.7 Å². The van der Waals surface area contributed by atoms with Gasteiger partial charge in [-0.25, -0.2) is 0 Å². The lowest BCUT2D eigenvalue weighted by Gasteiger charge is -2.47. The van der Waals surface area contributed by atoms with Gasteiger partial charge in [0.1, 0.15) is 0 Å². The van der Waals surface area contributed by atoms with Gasteiger partial charge >= 0.3 is 0 Å². The summed E-state index contributed by atoms with van der Waals surface area (Å²) < 4.78 is 0. The summed E-state index contributed by atoms with van der Waals surface area (Å²) in [7, 11) is 0. The predicted octanol–water partition coefficient (Wildman–Crippen LogP) is 1.88. The van der Waals surface area contributed by atoms with Crippen molar-refractivity contribution in [3.63, 3.8) is 0 Å². The molecule has 1 heterocycles. The average Bonchev–Trinajstić information content (AvgIpc) is 2.17. The molecule has 2 aliphatic rings. The minimum atomic E-state index is -0.00569. The Kier molecular flexibility index (Phi) is 2.85. The summed E-state index contributed by atoms with van der Waals surface area (Å²) in [4.78, 5) is 2.50. The quantitative estimate of drug-likeness (QED) is 0.730. The van der Waals surface area contributed by atoms with E-state index in [-0.39, 0.29) is 12.1 Å². The number of hydrogen-bond donors (Lipinski definition) is 1. The van der Waals surface area contributed by atoms with Gasteiger partial charge in [0.15, 0.2) is 0 Å². The third-order valence-corrected chi connectivity index (χ3v) is 4.09. The molecule has 0 aromatic heterocycles. The van der Waals surface area contributed by atoms with Crippen molar-refractivity contribution in [1.82, 2.24) is 4.90 Å². The molecule has 2 heteroatoms. The van der Waals surface area contributed by atoms with Gasteiger partial charge in [0.05, 0.1) is 6.61 Å². The Balaban J connectivity index is 2.01. The van der Waals surface area contributed by atoms with Crippen LogP contribution in [0.3, 0.4) is 0 Å². The molecule has 1 aliphatic carbocycles. The second-order valence-corrected chi connectivity index (χ2v) is 5.77. The van der Waals surface area contributed by atoms with Crippen LogP contribution in [0.25, 0.3) is 0 Å². The van der Waals surface area contributed by atoms with E-state index >= 15 is 0 Å². The molecule has 2 nitrogen and oxygen atoms in total. The van der Waals surface area contributed by atoms with Gasteiger partial charge in [-0.05, 0) is 44.9 Å². The topological polar surface area (TPSA) is 23.5 Å². The van der Waals surface area contributed by atoms with Gasteiger partial charge in [-0.3, -0.25) is 4.90 Å². The first-order valence-corrected chi connectivity index (χ1v) is 5.98. The molecule has 2 rings (SSSR count). The number of piperidine rings is 1. The van der Waals surface area contributed by atoms with Crippen LogP contribution in [0.4, 0.5) is 0 Å². The van der Waals surface area contributed by atoms with Gasteiger partial charge in [-0.1, -0.05) is 6.42 Å². The van der Waals surface area contributed by atoms with Crippen molar-refractivity contribution >= 4 is 0 Å². The normalized spacial score (nSPS) is 34.5. The molecule has 1 N–H and O–H groups in total. The van der Waals surface area contributed by atoms with Crippen LogP contribution in [0, 0.1) is 11.8 Å². The summed E-state index contributed by atoms with van der Waals surface area (Å²) in [5, 5.41) is 9.37. The molecular formula is C12H23NO. The van der Waals surface area contributed by atoms with Crippen molar-refractivity contribution in [3.8, 4) is 0 Å². The highest BCUT2D eigenvalue weighted by molar-refractivity contribution is 4.90. The zero-order chi connectivity index (χ0) is 10.2. The molecule has 0 radical (unpaired) electrons. The van der Waals surface area contributed by atoms with Crippen LogP contribution in [0.5, 0.6) is 0 Å². The smallest absolute Gasteiger partial charge is 0.0610 e. The molecule has 14 heavy (non-hydrogen) atoms. The molecule has 0 spiro atoms. The highest BCUT2D eigenvalue weighted by atomic mass is 16.3. The van der Waals surface area contributed by atoms with Crippen LogP contribution in [-0.2, 0) is 0 Å². The van der Waals surface area contributed by atoms with Gasteiger partial charge < -0.3 is 5.11 Å². The Morgan fingerprint density at radius 1 is 1.21 bits per heavy atom. The zero-order valence-corrected chi connectivity index (χ0v) is 9.50. The molecule has 2 unspecified atom stereocenters. The van der Waals surface area contributed by atoms with Crippen LogP contribution in [-0.4, -0.2) is 35.2 Å². The number of nitrogens with zero attached hydrogens (tertiary/aromatic N) is 1. The molecule has 2 atom stereocenters. The summed E-state index contributed by atoms with van der Waals surface area (Å²) in [5.41, 5.74) is -0.00569. The number of fused-ring (bicyclic) bond motifs is 2. The monoisotopic (exact) mass is 197 g/mol. The third-order valence-electron chi connectivity index (χ3n) is 4.09. The van der Waals surface area contributed by atoms with Crippen molar-refractivity contribution in [3.05, 3.63) is 0 Å². The summed E-state index contributed by atoms with van der Waals surface area (Å²) >= 11 is 0. The summed E-state index contributed by atoms with van der Waals surface area (Å²) in [6.45, 7) is 7.03. The Morgan fingerprint density at radius 2 is 1.79 bits per heavy atom. The number of hydrogen-bond acceptors (Lipinski definition) is 2. The Bertz CT molecular complexity index is 190. The van der Waals surface area contributed by atoms with E-state index in [4.69, 9.17) is 0 Å². The van der Waals surface area contributed by atoms with E-state index in [1.54, 1.807) is 0 Å². The molecule has 1 saturated carbocycles. The van der Waals surface area contributed by atoms with Crippen LogP contribution in [0.1, 0.15) is 39.5 Å². The fourth-order valence-electron chi connectivity index (χ4n) is 3.03. The van der Waals surface area contributed by atoms with E-state index in [1.165, 1.54) is 38.8 Å². The minimum Gasteiger partial charge on any atom is -0.394 e. The van der Waals surface area contributed by atoms with Crippen LogP contribution in [0.2, 0.25) is 0 Å². The Hall–Kier alpha value is -0.0800. The van der Waals surface area contributed by atoms with Crippen molar-refractivity contribution in [2.45, 2.75) is 45.1 Å². The maximum Gasteiger partial charge on any atom is 0.0610 e. The molecule has 1 aliphatic heterocycles. The predicted molar refractivity (Wildman–Crippen MR) is 58.2 cm³/mol. The average molecular weight is 197 g/mol. The van der Waals surface area contributed by atoms with Crippen LogP contribution in [0.15, 0.2) is 0 Å². The van der Waals surface area contributed by atoms with Crippen LogP contribution >= 0.6 is 0 Å². The largest absolute Gasteiger partial charge is 0.394 e. The molecule has 1 saturated heterocycles. The Labute approximate surface area is 87.3 Å². The molecule has 2 fully saturated rings. The van der Waals surface area contributed by atoms with E-state index in [9.17, 15) is 5.11 Å². The maximum atomic E-state index is 9.37. The van der Waals surface area contributed by atoms with Gasteiger partial charge in [0, 0.05) is 18.6 Å². The molecule has 0 amide bonds. The lowest BCUT2D eigenvalue weighted by atomic mass is 9.76. The van der Waals surface area contributed by atoms with Gasteiger partial charge in [-0.2, -0.15) is 0 Å². The fourth-order valence-corrected chi connectivity index (χ4v) is 3.03. The van der Waals surface area contributed by atoms with Gasteiger partial charge in [0.2, 0.25) is 0 Å². The standard InChI is InChI=1S/C12H23NO/c1-12(2,9-14)13-7-10-4-3-5-11(6-10)8-13/h10-11,14H,3-9H2,1-2H3. The maximum absolute atomic E-state index is 9.37. The van der Waals surface area contributed by atoms with E-state index < -0.39 is 0 Å². The highest BCUT2D eigenvalue weighted by Gasteiger charge is 2.36. The van der Waals surface area contributed by atoms with Crippen molar-refractivity contribution in [1.29, 1.82) is 0 Å². The van der Waals surface area contributed by atoms with E-state index in [2.05, 4.69) is 18.7 Å². The second kappa shape index (κ2) is 3.82. The van der Waals surface area contributed by atoms with Crippen molar-refractivity contribution < 1.29 is 5.11 Å². The summed E-state index contributed by atoms with van der Waals surface area (Å²) in [6.07, 6.45) is 5.70. The fraction of sp³-hybridized carbons (Fsp3) is 1.00. The van der Waals surface area contributed by atoms with Crippen molar-refractivity contribution in [2.24, 2.45) is 11.8 Å². The highest BCUT2D eigenvalue weighted by Crippen LogP contribution is 2.36. The van der Waals surface area contributed by atoms with E-state index in [0.29, 0.717) is 0 Å². The number of aliphatic hydroxyl groups is 1. The first kappa shape index (κ1) is 10.4. The third kappa shape index (κ3) is 1.96. The van der Waals surface area contributed by atoms with Gasteiger partial charge in [-0.15, -0.1) is 0 Å². The minimum absolute atomic E-state index is 0.00569. The molecule has 0 aromatic carbocycles. The molecule has 0 aromatic rings. The SMILES string of the molecule is CC(C)(CO)N1CC2CCCC(C2)C1. The van der Waals surface area contributed by atoms with E-state index in [1.807, 2.05) is 0 Å². The molecular weight excluding hydrogens is 174 g/mol. The lowest BCUT2D eigenvalue weighted by molar-refractivity contribution is -0.0122. The number of rotatable bonds is 2. The zero-order valence-electron chi connectivity index (χ0n) is 9.50. The lowest BCUT2D eigenvalue weighted by Crippen LogP contribution is -2.54. The summed E-state index contributed by atoms with van der Waals surface area (Å²) in [6, 6.07) is 0. The number of likely N-dealkylation sites (tertiary alicyclic amines) is 1. The molecule has 82 valence electrons.